The highest BCUT2D eigenvalue weighted by Gasteiger charge is 2.12. The van der Waals surface area contributed by atoms with Crippen LogP contribution in [0.5, 0.6) is 0 Å². The predicted octanol–water partition coefficient (Wildman–Crippen LogP) is 2.50. The third-order valence-corrected chi connectivity index (χ3v) is 3.77. The van der Waals surface area contributed by atoms with E-state index in [1.807, 2.05) is 17.8 Å². The van der Waals surface area contributed by atoms with Crippen LogP contribution in [0.15, 0.2) is 12.4 Å². The first-order chi connectivity index (χ1) is 8.75. The molecular formula is C14H25N3O. The molecule has 0 bridgehead atoms. The molecule has 1 fully saturated rings. The second-order valence-corrected chi connectivity index (χ2v) is 5.38. The van der Waals surface area contributed by atoms with Gasteiger partial charge in [0.15, 0.2) is 0 Å². The number of unbranched alkanes of at least 4 members (excludes halogenated alkanes) is 1. The van der Waals surface area contributed by atoms with Crippen molar-refractivity contribution in [1.29, 1.82) is 0 Å². The van der Waals surface area contributed by atoms with E-state index < -0.39 is 0 Å². The Labute approximate surface area is 110 Å². The van der Waals surface area contributed by atoms with Crippen LogP contribution < -0.4 is 5.73 Å². The number of ether oxygens (including phenoxy) is 1. The molecular weight excluding hydrogens is 226 g/mol. The zero-order valence-electron chi connectivity index (χ0n) is 11.3. The lowest BCUT2D eigenvalue weighted by Crippen LogP contribution is -2.15. The summed E-state index contributed by atoms with van der Waals surface area (Å²) in [4.78, 5) is 0. The van der Waals surface area contributed by atoms with E-state index in [4.69, 9.17) is 10.5 Å². The van der Waals surface area contributed by atoms with Gasteiger partial charge in [0.05, 0.1) is 6.20 Å². The van der Waals surface area contributed by atoms with Crippen molar-refractivity contribution in [1.82, 2.24) is 9.78 Å². The van der Waals surface area contributed by atoms with E-state index >= 15 is 0 Å². The van der Waals surface area contributed by atoms with Gasteiger partial charge >= 0.3 is 0 Å². The van der Waals surface area contributed by atoms with E-state index in [1.54, 1.807) is 0 Å². The van der Waals surface area contributed by atoms with Crippen LogP contribution >= 0.6 is 0 Å². The molecule has 0 aromatic carbocycles. The maximum atomic E-state index is 5.81. The number of hydrogen-bond acceptors (Lipinski definition) is 3. The molecule has 1 aromatic heterocycles. The van der Waals surface area contributed by atoms with Gasteiger partial charge in [-0.25, -0.2) is 0 Å². The number of rotatable bonds is 6. The minimum absolute atomic E-state index is 0.0842. The molecule has 2 heterocycles. The largest absolute Gasteiger partial charge is 0.381 e. The summed E-state index contributed by atoms with van der Waals surface area (Å²) < 4.78 is 7.39. The minimum Gasteiger partial charge on any atom is -0.381 e. The topological polar surface area (TPSA) is 53.1 Å². The first kappa shape index (κ1) is 13.6. The first-order valence-electron chi connectivity index (χ1n) is 7.11. The maximum Gasteiger partial charge on any atom is 0.0537 e. The molecule has 0 unspecified atom stereocenters. The number of nitrogens with zero attached hydrogens (tertiary/aromatic N) is 2. The molecule has 2 N–H and O–H groups in total. The molecule has 1 aromatic rings. The van der Waals surface area contributed by atoms with Gasteiger partial charge in [0, 0.05) is 37.6 Å². The standard InChI is InChI=1S/C14H25N3O/c1-12(15)14-10-16-17(11-14)7-3-2-4-13-5-8-18-9-6-13/h10-13H,2-9,15H2,1H3/t12-/m1/s1. The molecule has 0 radical (unpaired) electrons. The van der Waals surface area contributed by atoms with Gasteiger partial charge in [0.25, 0.3) is 0 Å². The summed E-state index contributed by atoms with van der Waals surface area (Å²) in [5, 5.41) is 4.34. The van der Waals surface area contributed by atoms with Crippen LogP contribution in [0.25, 0.3) is 0 Å². The lowest BCUT2D eigenvalue weighted by molar-refractivity contribution is 0.0630. The van der Waals surface area contributed by atoms with Crippen LogP contribution in [-0.4, -0.2) is 23.0 Å². The van der Waals surface area contributed by atoms with Crippen LogP contribution in [0.4, 0.5) is 0 Å². The van der Waals surface area contributed by atoms with Crippen molar-refractivity contribution < 1.29 is 4.74 Å². The average Bonchev–Trinajstić information content (AvgIpc) is 2.85. The maximum absolute atomic E-state index is 5.81. The second-order valence-electron chi connectivity index (χ2n) is 5.38. The summed E-state index contributed by atoms with van der Waals surface area (Å²) in [6.07, 6.45) is 10.3. The van der Waals surface area contributed by atoms with Crippen molar-refractivity contribution in [2.45, 2.75) is 51.6 Å². The molecule has 2 rings (SSSR count). The molecule has 18 heavy (non-hydrogen) atoms. The normalized spacial score (nSPS) is 19.0. The van der Waals surface area contributed by atoms with Crippen molar-refractivity contribution in [2.24, 2.45) is 11.7 Å². The lowest BCUT2D eigenvalue weighted by atomic mass is 9.94. The fourth-order valence-electron chi connectivity index (χ4n) is 2.48. The number of nitrogens with two attached hydrogens (primary N) is 1. The van der Waals surface area contributed by atoms with E-state index in [0.717, 1.165) is 31.2 Å². The molecule has 1 atom stereocenters. The van der Waals surface area contributed by atoms with Crippen LogP contribution in [0, 0.1) is 5.92 Å². The Balaban J connectivity index is 1.62. The van der Waals surface area contributed by atoms with E-state index in [2.05, 4.69) is 11.3 Å². The van der Waals surface area contributed by atoms with Crippen molar-refractivity contribution in [2.75, 3.05) is 13.2 Å². The molecule has 1 aliphatic heterocycles. The molecule has 1 saturated heterocycles. The fourth-order valence-corrected chi connectivity index (χ4v) is 2.48. The van der Waals surface area contributed by atoms with E-state index in [9.17, 15) is 0 Å². The fraction of sp³-hybridized carbons (Fsp3) is 0.786. The van der Waals surface area contributed by atoms with Gasteiger partial charge in [0.2, 0.25) is 0 Å². The summed E-state index contributed by atoms with van der Waals surface area (Å²) in [6.45, 7) is 4.92. The predicted molar refractivity (Wildman–Crippen MR) is 72.2 cm³/mol. The molecule has 1 aliphatic rings. The molecule has 4 heteroatoms. The molecule has 4 nitrogen and oxygen atoms in total. The summed E-state index contributed by atoms with van der Waals surface area (Å²) in [5.41, 5.74) is 6.94. The van der Waals surface area contributed by atoms with Gasteiger partial charge in [-0.2, -0.15) is 5.10 Å². The highest BCUT2D eigenvalue weighted by atomic mass is 16.5. The second kappa shape index (κ2) is 6.90. The van der Waals surface area contributed by atoms with Crippen LogP contribution in [-0.2, 0) is 11.3 Å². The quantitative estimate of drug-likeness (QED) is 0.790. The number of hydrogen-bond donors (Lipinski definition) is 1. The van der Waals surface area contributed by atoms with Crippen LogP contribution in [0.2, 0.25) is 0 Å². The SMILES string of the molecule is C[C@@H](N)c1cnn(CCCCC2CCOCC2)c1. The van der Waals surface area contributed by atoms with E-state index in [-0.39, 0.29) is 6.04 Å². The smallest absolute Gasteiger partial charge is 0.0537 e. The van der Waals surface area contributed by atoms with Crippen LogP contribution in [0.1, 0.15) is 50.6 Å². The number of aromatic nitrogens is 2. The zero-order valence-corrected chi connectivity index (χ0v) is 11.3. The highest BCUT2D eigenvalue weighted by molar-refractivity contribution is 5.07. The Morgan fingerprint density at radius 1 is 1.44 bits per heavy atom. The van der Waals surface area contributed by atoms with E-state index in [0.29, 0.717) is 0 Å². The Bertz CT molecular complexity index is 343. The van der Waals surface area contributed by atoms with Gasteiger partial charge in [-0.3, -0.25) is 4.68 Å². The van der Waals surface area contributed by atoms with Gasteiger partial charge in [0.1, 0.15) is 0 Å². The molecule has 0 aliphatic carbocycles. The third-order valence-electron chi connectivity index (χ3n) is 3.77. The molecule has 102 valence electrons. The van der Waals surface area contributed by atoms with Crippen molar-refractivity contribution in [3.8, 4) is 0 Å². The van der Waals surface area contributed by atoms with Crippen molar-refractivity contribution in [3.05, 3.63) is 18.0 Å². The van der Waals surface area contributed by atoms with Crippen molar-refractivity contribution in [3.63, 3.8) is 0 Å². The number of aryl methyl sites for hydroxylation is 1. The third kappa shape index (κ3) is 4.10. The Morgan fingerprint density at radius 3 is 2.89 bits per heavy atom. The van der Waals surface area contributed by atoms with Crippen molar-refractivity contribution >= 4 is 0 Å². The van der Waals surface area contributed by atoms with Gasteiger partial charge in [-0.15, -0.1) is 0 Å². The minimum atomic E-state index is 0.0842. The average molecular weight is 251 g/mol. The zero-order chi connectivity index (χ0) is 12.8. The summed E-state index contributed by atoms with van der Waals surface area (Å²) in [6, 6.07) is 0.0842. The Kier molecular flexibility index (Phi) is 5.20. The van der Waals surface area contributed by atoms with Crippen LogP contribution in [0.3, 0.4) is 0 Å². The lowest BCUT2D eigenvalue weighted by Gasteiger charge is -2.21. The summed E-state index contributed by atoms with van der Waals surface area (Å²) in [5.74, 6) is 0.885. The highest BCUT2D eigenvalue weighted by Crippen LogP contribution is 2.20. The van der Waals surface area contributed by atoms with Gasteiger partial charge < -0.3 is 10.5 Å². The Hall–Kier alpha value is -0.870. The molecule has 0 spiro atoms. The first-order valence-corrected chi connectivity index (χ1v) is 7.11. The van der Waals surface area contributed by atoms with E-state index in [1.165, 1.54) is 32.1 Å². The van der Waals surface area contributed by atoms with Gasteiger partial charge in [-0.1, -0.05) is 12.8 Å². The molecule has 0 saturated carbocycles. The monoisotopic (exact) mass is 251 g/mol. The van der Waals surface area contributed by atoms with Gasteiger partial charge in [-0.05, 0) is 32.1 Å². The Morgan fingerprint density at radius 2 is 2.22 bits per heavy atom. The summed E-state index contributed by atoms with van der Waals surface area (Å²) >= 11 is 0. The summed E-state index contributed by atoms with van der Waals surface area (Å²) in [7, 11) is 0. The molecule has 0 amide bonds.